The van der Waals surface area contributed by atoms with Crippen LogP contribution in [0.5, 0.6) is 0 Å². The van der Waals surface area contributed by atoms with Crippen LogP contribution >= 0.6 is 0 Å². The van der Waals surface area contributed by atoms with Crippen LogP contribution in [0.3, 0.4) is 0 Å². The number of anilines is 1. The van der Waals surface area contributed by atoms with Crippen molar-refractivity contribution in [3.05, 3.63) is 30.3 Å². The molecule has 2 N–H and O–H groups in total. The van der Waals surface area contributed by atoms with Crippen molar-refractivity contribution < 1.29 is 14.7 Å². The fourth-order valence-electron chi connectivity index (χ4n) is 1.41. The summed E-state index contributed by atoms with van der Waals surface area (Å²) in [4.78, 5) is 23.8. The van der Waals surface area contributed by atoms with E-state index in [1.54, 1.807) is 12.1 Å². The molecule has 92 valence electrons. The number of para-hydroxylation sites is 1. The van der Waals surface area contributed by atoms with Crippen LogP contribution < -0.4 is 10.2 Å². The number of carboxylic acids is 1. The highest BCUT2D eigenvalue weighted by molar-refractivity contribution is 5.92. The Bertz CT molecular complexity index is 379. The Morgan fingerprint density at radius 3 is 2.47 bits per heavy atom. The van der Waals surface area contributed by atoms with Crippen LogP contribution in [0, 0.1) is 0 Å². The van der Waals surface area contributed by atoms with Gasteiger partial charge >= 0.3 is 12.0 Å². The van der Waals surface area contributed by atoms with E-state index in [0.717, 1.165) is 0 Å². The van der Waals surface area contributed by atoms with Gasteiger partial charge < -0.3 is 10.4 Å². The van der Waals surface area contributed by atoms with Crippen molar-refractivity contribution in [2.75, 3.05) is 18.0 Å². The van der Waals surface area contributed by atoms with Gasteiger partial charge in [-0.15, -0.1) is 0 Å². The largest absolute Gasteiger partial charge is 0.481 e. The van der Waals surface area contributed by atoms with E-state index in [1.807, 2.05) is 25.1 Å². The minimum absolute atomic E-state index is 0.0774. The Hall–Kier alpha value is -2.04. The Morgan fingerprint density at radius 1 is 1.29 bits per heavy atom. The van der Waals surface area contributed by atoms with Crippen LogP contribution in [-0.4, -0.2) is 30.2 Å². The fraction of sp³-hybridized carbons (Fsp3) is 0.333. The lowest BCUT2D eigenvalue weighted by Crippen LogP contribution is -2.41. The fourth-order valence-corrected chi connectivity index (χ4v) is 1.41. The molecule has 0 aliphatic rings. The number of urea groups is 1. The Kier molecular flexibility index (Phi) is 5.00. The first-order valence-electron chi connectivity index (χ1n) is 5.47. The highest BCUT2D eigenvalue weighted by atomic mass is 16.4. The molecular formula is C12H16N2O3. The van der Waals surface area contributed by atoms with Crippen molar-refractivity contribution in [2.24, 2.45) is 0 Å². The predicted molar refractivity (Wildman–Crippen MR) is 65.1 cm³/mol. The van der Waals surface area contributed by atoms with Crippen LogP contribution in [0.15, 0.2) is 30.3 Å². The second-order valence-electron chi connectivity index (χ2n) is 3.47. The highest BCUT2D eigenvalue weighted by Gasteiger charge is 2.15. The van der Waals surface area contributed by atoms with E-state index < -0.39 is 5.97 Å². The van der Waals surface area contributed by atoms with Gasteiger partial charge in [0, 0.05) is 18.8 Å². The van der Waals surface area contributed by atoms with E-state index in [4.69, 9.17) is 5.11 Å². The van der Waals surface area contributed by atoms with Gasteiger partial charge in [0.1, 0.15) is 0 Å². The topological polar surface area (TPSA) is 69.6 Å². The minimum Gasteiger partial charge on any atom is -0.481 e. The first kappa shape index (κ1) is 13.0. The smallest absolute Gasteiger partial charge is 0.321 e. The van der Waals surface area contributed by atoms with Gasteiger partial charge in [0.05, 0.1) is 6.42 Å². The Labute approximate surface area is 100 Å². The number of carboxylic acid groups (broad SMARTS) is 1. The average molecular weight is 236 g/mol. The summed E-state index contributed by atoms with van der Waals surface area (Å²) in [6.07, 6.45) is -0.0774. The number of hydrogen-bond donors (Lipinski definition) is 2. The Balaban J connectivity index is 2.78. The number of amides is 2. The van der Waals surface area contributed by atoms with Crippen LogP contribution in [0.1, 0.15) is 13.3 Å². The molecule has 0 aromatic heterocycles. The summed E-state index contributed by atoms with van der Waals surface area (Å²) in [5, 5.41) is 11.3. The molecule has 0 spiro atoms. The number of carbonyl (C=O) groups is 2. The van der Waals surface area contributed by atoms with Gasteiger partial charge in [-0.25, -0.2) is 4.79 Å². The molecule has 0 saturated carbocycles. The normalized spacial score (nSPS) is 9.71. The first-order valence-corrected chi connectivity index (χ1v) is 5.47. The molecule has 0 fully saturated rings. The van der Waals surface area contributed by atoms with Gasteiger partial charge in [-0.2, -0.15) is 0 Å². The average Bonchev–Trinajstić information content (AvgIpc) is 2.30. The summed E-state index contributed by atoms with van der Waals surface area (Å²) < 4.78 is 0. The first-order chi connectivity index (χ1) is 8.15. The summed E-state index contributed by atoms with van der Waals surface area (Å²) in [5.74, 6) is -0.921. The predicted octanol–water partition coefficient (Wildman–Crippen LogP) is 1.70. The molecule has 2 amide bonds. The van der Waals surface area contributed by atoms with Gasteiger partial charge in [0.25, 0.3) is 0 Å². The summed E-state index contributed by atoms with van der Waals surface area (Å²) in [5.41, 5.74) is 0.694. The molecule has 5 heteroatoms. The van der Waals surface area contributed by atoms with E-state index >= 15 is 0 Å². The molecule has 1 aromatic carbocycles. The van der Waals surface area contributed by atoms with Crippen molar-refractivity contribution in [3.8, 4) is 0 Å². The van der Waals surface area contributed by atoms with Crippen molar-refractivity contribution in [1.29, 1.82) is 0 Å². The van der Waals surface area contributed by atoms with Crippen molar-refractivity contribution in [3.63, 3.8) is 0 Å². The number of rotatable bonds is 5. The highest BCUT2D eigenvalue weighted by Crippen LogP contribution is 2.13. The number of hydrogen-bond acceptors (Lipinski definition) is 2. The molecule has 0 radical (unpaired) electrons. The number of nitrogens with zero attached hydrogens (tertiary/aromatic N) is 1. The molecule has 0 unspecified atom stereocenters. The molecule has 0 aliphatic carbocycles. The third kappa shape index (κ3) is 4.14. The second-order valence-corrected chi connectivity index (χ2v) is 3.47. The number of aliphatic carboxylic acids is 1. The van der Waals surface area contributed by atoms with Crippen molar-refractivity contribution >= 4 is 17.7 Å². The van der Waals surface area contributed by atoms with E-state index in [1.165, 1.54) is 4.90 Å². The minimum atomic E-state index is -0.921. The number of carbonyl (C=O) groups excluding carboxylic acids is 1. The molecule has 0 heterocycles. The zero-order chi connectivity index (χ0) is 12.7. The summed E-state index contributed by atoms with van der Waals surface area (Å²) in [6, 6.07) is 8.73. The lowest BCUT2D eigenvalue weighted by Gasteiger charge is -2.22. The standard InChI is InChI=1S/C12H16N2O3/c1-2-13-12(17)14(9-8-11(15)16)10-6-4-3-5-7-10/h3-7H,2,8-9H2,1H3,(H,13,17)(H,15,16). The van der Waals surface area contributed by atoms with E-state index in [-0.39, 0.29) is 19.0 Å². The lowest BCUT2D eigenvalue weighted by molar-refractivity contribution is -0.136. The van der Waals surface area contributed by atoms with E-state index in [9.17, 15) is 9.59 Å². The molecule has 0 aliphatic heterocycles. The van der Waals surface area contributed by atoms with E-state index in [0.29, 0.717) is 12.2 Å². The lowest BCUT2D eigenvalue weighted by atomic mass is 10.3. The maximum absolute atomic E-state index is 11.8. The second kappa shape index (κ2) is 6.52. The molecular weight excluding hydrogens is 220 g/mol. The third-order valence-corrected chi connectivity index (χ3v) is 2.19. The molecule has 0 bridgehead atoms. The van der Waals surface area contributed by atoms with Crippen LogP contribution in [-0.2, 0) is 4.79 Å². The SMILES string of the molecule is CCNC(=O)N(CCC(=O)O)c1ccccc1. The van der Waals surface area contributed by atoms with Gasteiger partial charge in [0.15, 0.2) is 0 Å². The quantitative estimate of drug-likeness (QED) is 0.817. The molecule has 1 aromatic rings. The summed E-state index contributed by atoms with van der Waals surface area (Å²) in [7, 11) is 0. The number of nitrogens with one attached hydrogen (secondary N) is 1. The van der Waals surface area contributed by atoms with Crippen LogP contribution in [0.4, 0.5) is 10.5 Å². The van der Waals surface area contributed by atoms with Gasteiger partial charge in [-0.05, 0) is 19.1 Å². The van der Waals surface area contributed by atoms with Gasteiger partial charge in [-0.3, -0.25) is 9.69 Å². The van der Waals surface area contributed by atoms with Crippen molar-refractivity contribution in [1.82, 2.24) is 5.32 Å². The van der Waals surface area contributed by atoms with E-state index in [2.05, 4.69) is 5.32 Å². The molecule has 1 rings (SSSR count). The molecule has 0 saturated heterocycles. The molecule has 0 atom stereocenters. The number of benzene rings is 1. The monoisotopic (exact) mass is 236 g/mol. The molecule has 5 nitrogen and oxygen atoms in total. The van der Waals surface area contributed by atoms with Gasteiger partial charge in [-0.1, -0.05) is 18.2 Å². The van der Waals surface area contributed by atoms with Gasteiger partial charge in [0.2, 0.25) is 0 Å². The third-order valence-electron chi connectivity index (χ3n) is 2.19. The van der Waals surface area contributed by atoms with Crippen molar-refractivity contribution in [2.45, 2.75) is 13.3 Å². The molecule has 17 heavy (non-hydrogen) atoms. The van der Waals surface area contributed by atoms with Crippen LogP contribution in [0.2, 0.25) is 0 Å². The Morgan fingerprint density at radius 2 is 1.94 bits per heavy atom. The zero-order valence-electron chi connectivity index (χ0n) is 9.72. The summed E-state index contributed by atoms with van der Waals surface area (Å²) in [6.45, 7) is 2.48. The summed E-state index contributed by atoms with van der Waals surface area (Å²) >= 11 is 0. The maximum Gasteiger partial charge on any atom is 0.321 e. The maximum atomic E-state index is 11.8. The zero-order valence-corrected chi connectivity index (χ0v) is 9.72. The van der Waals surface area contributed by atoms with Crippen LogP contribution in [0.25, 0.3) is 0 Å².